The van der Waals surface area contributed by atoms with Crippen molar-refractivity contribution in [2.45, 2.75) is 0 Å². The molecule has 0 radical (unpaired) electrons. The molecule has 0 saturated carbocycles. The predicted molar refractivity (Wildman–Crippen MR) is 78.5 cm³/mol. The first-order valence-corrected chi connectivity index (χ1v) is 5.64. The summed E-state index contributed by atoms with van der Waals surface area (Å²) in [5, 5.41) is 1.11. The molecule has 0 spiro atoms. The van der Waals surface area contributed by atoms with Gasteiger partial charge >= 0.3 is 33.9 Å². The second-order valence-corrected chi connectivity index (χ2v) is 3.96. The zero-order chi connectivity index (χ0) is 18.5. The van der Waals surface area contributed by atoms with Crippen molar-refractivity contribution in [1.29, 1.82) is 0 Å². The minimum absolute atomic E-state index is 0. The van der Waals surface area contributed by atoms with E-state index in [9.17, 15) is 4.79 Å². The Kier molecular flexibility index (Phi) is 20.9. The molecule has 0 aliphatic rings. The molecular formula is C14H18FeN4O4. The standard InChI is InChI=1S/C11H18N4O.3CO.Fe/c1-12-7-8(13-2)11(16)10(15(5)6)9(7)14(3)4;3*1-2;/h1-6H3;;;;. The Bertz CT molecular complexity index is 652. The van der Waals surface area contributed by atoms with Crippen LogP contribution in [0.5, 0.6) is 0 Å². The third-order valence-corrected chi connectivity index (χ3v) is 2.44. The number of nitrogens with zero attached hydrogens (tertiary/aromatic N) is 4. The van der Waals surface area contributed by atoms with Gasteiger partial charge < -0.3 is 9.80 Å². The maximum Gasteiger partial charge on any atom is 0 e. The van der Waals surface area contributed by atoms with Crippen LogP contribution in [0, 0.1) is 20.0 Å². The molecule has 0 heterocycles. The fourth-order valence-corrected chi connectivity index (χ4v) is 1.81. The van der Waals surface area contributed by atoms with E-state index in [0.29, 0.717) is 16.4 Å². The van der Waals surface area contributed by atoms with E-state index in [1.807, 2.05) is 33.1 Å². The van der Waals surface area contributed by atoms with Crippen LogP contribution in [0.2, 0.25) is 0 Å². The van der Waals surface area contributed by atoms with Gasteiger partial charge in [0.05, 0.1) is 5.69 Å². The molecule has 1 rings (SSSR count). The molecule has 0 saturated heterocycles. The molecule has 0 bridgehead atoms. The van der Waals surface area contributed by atoms with Crippen LogP contribution in [-0.2, 0) is 31.0 Å². The van der Waals surface area contributed by atoms with E-state index in [2.05, 4.69) is 29.9 Å². The molecule has 9 heteroatoms. The van der Waals surface area contributed by atoms with Crippen LogP contribution in [0.1, 0.15) is 0 Å². The summed E-state index contributed by atoms with van der Waals surface area (Å²) in [5.41, 5.74) is 1.42. The summed E-state index contributed by atoms with van der Waals surface area (Å²) >= 11 is 0. The molecule has 0 aliphatic heterocycles. The van der Waals surface area contributed by atoms with E-state index < -0.39 is 0 Å². The van der Waals surface area contributed by atoms with Crippen LogP contribution in [0.25, 0.3) is 0 Å². The van der Waals surface area contributed by atoms with Crippen LogP contribution in [0.4, 0.5) is 11.4 Å². The first kappa shape index (κ1) is 29.1. The van der Waals surface area contributed by atoms with E-state index in [1.54, 1.807) is 19.0 Å². The Morgan fingerprint density at radius 3 is 1.26 bits per heavy atom. The monoisotopic (exact) mass is 362 g/mol. The predicted octanol–water partition coefficient (Wildman–Crippen LogP) is -1.000. The van der Waals surface area contributed by atoms with Gasteiger partial charge in [0.15, 0.2) is 0 Å². The van der Waals surface area contributed by atoms with Crippen molar-refractivity contribution in [3.63, 3.8) is 0 Å². The van der Waals surface area contributed by atoms with Gasteiger partial charge in [-0.15, -0.1) is 0 Å². The van der Waals surface area contributed by atoms with E-state index in [4.69, 9.17) is 14.0 Å². The van der Waals surface area contributed by atoms with Crippen molar-refractivity contribution in [3.8, 4) is 0 Å². The van der Waals surface area contributed by atoms with Gasteiger partial charge in [0.2, 0.25) is 5.43 Å². The summed E-state index contributed by atoms with van der Waals surface area (Å²) in [7, 11) is 10.8. The van der Waals surface area contributed by atoms with Gasteiger partial charge in [-0.05, 0) is 0 Å². The van der Waals surface area contributed by atoms with Crippen molar-refractivity contribution in [3.05, 3.63) is 40.9 Å². The second kappa shape index (κ2) is 16.5. The average molecular weight is 362 g/mol. The fraction of sp³-hybridized carbons (Fsp3) is 0.429. The van der Waals surface area contributed by atoms with Gasteiger partial charge in [0.25, 0.3) is 0 Å². The number of hydrogen-bond acceptors (Lipinski definition) is 5. The smallest absolute Gasteiger partial charge is 0 e. The molecule has 0 amide bonds. The van der Waals surface area contributed by atoms with Crippen molar-refractivity contribution in [2.24, 2.45) is 9.98 Å². The van der Waals surface area contributed by atoms with E-state index in [0.717, 1.165) is 5.69 Å². The maximum atomic E-state index is 12.1. The van der Waals surface area contributed by atoms with E-state index in [1.165, 1.54) is 0 Å². The van der Waals surface area contributed by atoms with E-state index >= 15 is 0 Å². The van der Waals surface area contributed by atoms with Crippen molar-refractivity contribution in [1.82, 2.24) is 0 Å². The third kappa shape index (κ3) is 7.26. The Morgan fingerprint density at radius 2 is 1.04 bits per heavy atom. The molecule has 1 aromatic carbocycles. The van der Waals surface area contributed by atoms with Crippen molar-refractivity contribution in [2.75, 3.05) is 52.1 Å². The first-order valence-electron chi connectivity index (χ1n) is 5.64. The third-order valence-electron chi connectivity index (χ3n) is 2.44. The summed E-state index contributed by atoms with van der Waals surface area (Å²) in [6.07, 6.45) is 0. The summed E-state index contributed by atoms with van der Waals surface area (Å²) in [5.74, 6) is 0. The van der Waals surface area contributed by atoms with Gasteiger partial charge in [-0.3, -0.25) is 14.8 Å². The van der Waals surface area contributed by atoms with Gasteiger partial charge in [-0.2, -0.15) is 0 Å². The SMILES string of the molecule is CN=c1c(N(C)C)c(N(C)C)c(=O)c1=NC.[C-]#[O+].[C-]#[O+].[C-]#[O+].[Fe]. The molecule has 0 atom stereocenters. The minimum atomic E-state index is -0.0585. The first-order chi connectivity index (χ1) is 10.5. The van der Waals surface area contributed by atoms with Gasteiger partial charge in [-0.25, -0.2) is 0 Å². The van der Waals surface area contributed by atoms with Gasteiger partial charge in [0, 0.05) is 59.4 Å². The van der Waals surface area contributed by atoms with Crippen LogP contribution in [0.3, 0.4) is 0 Å². The Hall–Kier alpha value is -1.91. The number of anilines is 2. The second-order valence-electron chi connectivity index (χ2n) is 3.96. The quantitative estimate of drug-likeness (QED) is 0.383. The molecule has 0 N–H and O–H groups in total. The molecule has 23 heavy (non-hydrogen) atoms. The zero-order valence-electron chi connectivity index (χ0n) is 13.8. The topological polar surface area (TPSA) is 108 Å². The van der Waals surface area contributed by atoms with Gasteiger partial charge in [-0.1, -0.05) is 0 Å². The van der Waals surface area contributed by atoms with Crippen LogP contribution < -0.4 is 25.9 Å². The maximum absolute atomic E-state index is 12.1. The zero-order valence-corrected chi connectivity index (χ0v) is 14.9. The molecule has 126 valence electrons. The molecule has 0 aliphatic carbocycles. The molecule has 0 aromatic heterocycles. The van der Waals surface area contributed by atoms with Crippen LogP contribution in [-0.4, -0.2) is 42.3 Å². The summed E-state index contributed by atoms with van der Waals surface area (Å²) in [6.45, 7) is 13.5. The molecule has 0 fully saturated rings. The largest absolute Gasteiger partial charge is 0 e. The minimum Gasteiger partial charge on any atom is 0 e. The molecule has 8 nitrogen and oxygen atoms in total. The normalized spacial score (nSPS) is 9.57. The number of rotatable bonds is 2. The average Bonchev–Trinajstić information content (AvgIpc) is 2.85. The van der Waals surface area contributed by atoms with Crippen LogP contribution in [0.15, 0.2) is 14.8 Å². The fourth-order valence-electron chi connectivity index (χ4n) is 1.81. The summed E-state index contributed by atoms with van der Waals surface area (Å²) < 4.78 is 22.5. The van der Waals surface area contributed by atoms with Gasteiger partial charge in [0.1, 0.15) is 16.4 Å². The summed E-state index contributed by atoms with van der Waals surface area (Å²) in [6, 6.07) is 0. The van der Waals surface area contributed by atoms with Crippen molar-refractivity contribution < 1.29 is 31.0 Å². The Morgan fingerprint density at radius 1 is 0.739 bits per heavy atom. The molecule has 1 aromatic rings. The molecule has 0 unspecified atom stereocenters. The Labute approximate surface area is 145 Å². The van der Waals surface area contributed by atoms with E-state index in [-0.39, 0.29) is 22.5 Å². The molecular weight excluding hydrogens is 344 g/mol. The van der Waals surface area contributed by atoms with Crippen molar-refractivity contribution >= 4 is 11.4 Å². The Balaban J connectivity index is -0.000000231. The number of hydrogen-bond donors (Lipinski definition) is 0. The van der Waals surface area contributed by atoms with Crippen LogP contribution >= 0.6 is 0 Å². The summed E-state index contributed by atoms with van der Waals surface area (Å²) in [4.78, 5) is 24.0.